The van der Waals surface area contributed by atoms with E-state index in [1.54, 1.807) is 24.4 Å². The number of nitriles is 1. The van der Waals surface area contributed by atoms with Crippen molar-refractivity contribution in [2.24, 2.45) is 10.8 Å². The van der Waals surface area contributed by atoms with Gasteiger partial charge in [-0.3, -0.25) is 10.8 Å². The molecule has 0 atom stereocenters. The molecule has 3 rings (SSSR count). The van der Waals surface area contributed by atoms with Gasteiger partial charge in [-0.1, -0.05) is 23.7 Å². The molecule has 4 N–H and O–H groups in total. The van der Waals surface area contributed by atoms with Crippen molar-refractivity contribution in [1.29, 1.82) is 10.7 Å². The van der Waals surface area contributed by atoms with Crippen LogP contribution in [0.4, 0.5) is 11.6 Å². The fourth-order valence-electron chi connectivity index (χ4n) is 2.66. The Hall–Kier alpha value is -3.62. The molecule has 0 aliphatic carbocycles. The molecule has 31 heavy (non-hydrogen) atoms. The van der Waals surface area contributed by atoms with E-state index >= 15 is 0 Å². The van der Waals surface area contributed by atoms with Crippen LogP contribution in [-0.4, -0.2) is 66.5 Å². The minimum Gasteiger partial charge on any atom is -0.461 e. The summed E-state index contributed by atoms with van der Waals surface area (Å²) in [7, 11) is 0. The first-order chi connectivity index (χ1) is 15.0. The van der Waals surface area contributed by atoms with Crippen molar-refractivity contribution in [1.82, 2.24) is 14.9 Å². The lowest BCUT2D eigenvalue weighted by molar-refractivity contribution is 0.122. The number of hydrogen-bond acceptors (Lipinski definition) is 9. The molecule has 11 nitrogen and oxygen atoms in total. The molecule has 1 aliphatic rings. The molecule has 1 aromatic heterocycles. The summed E-state index contributed by atoms with van der Waals surface area (Å²) >= 11 is 5.89. The zero-order valence-corrected chi connectivity index (χ0v) is 17.4. The van der Waals surface area contributed by atoms with Gasteiger partial charge in [-0.25, -0.2) is 4.90 Å². The molecule has 1 aliphatic heterocycles. The third kappa shape index (κ3) is 6.70. The van der Waals surface area contributed by atoms with E-state index in [0.717, 1.165) is 10.5 Å². The summed E-state index contributed by atoms with van der Waals surface area (Å²) < 4.78 is 11.0. The summed E-state index contributed by atoms with van der Waals surface area (Å²) in [4.78, 5) is 11.8. The number of anilines is 2. The van der Waals surface area contributed by atoms with Gasteiger partial charge in [0.1, 0.15) is 12.4 Å². The van der Waals surface area contributed by atoms with Crippen LogP contribution in [0, 0.1) is 16.9 Å². The number of hydrogen-bond donors (Lipinski definition) is 3. The second kappa shape index (κ2) is 11.0. The molecule has 2 aromatic rings. The highest BCUT2D eigenvalue weighted by Crippen LogP contribution is 2.20. The highest BCUT2D eigenvalue weighted by Gasteiger charge is 2.16. The molecule has 0 spiro atoms. The summed E-state index contributed by atoms with van der Waals surface area (Å²) in [5.41, 5.74) is 9.09. The predicted molar refractivity (Wildman–Crippen MR) is 117 cm³/mol. The maximum atomic E-state index is 8.97. The number of morpholine rings is 1. The molecule has 2 heterocycles. The number of halogens is 1. The Morgan fingerprint density at radius 1 is 1.39 bits per heavy atom. The number of nitrogens with one attached hydrogen (secondary N) is 2. The van der Waals surface area contributed by atoms with Crippen LogP contribution in [0.5, 0.6) is 6.01 Å². The number of ether oxygens (including phenoxy) is 2. The van der Waals surface area contributed by atoms with Gasteiger partial charge in [-0.05, 0) is 17.7 Å². The van der Waals surface area contributed by atoms with Crippen LogP contribution >= 0.6 is 11.6 Å². The molecule has 0 saturated carbocycles. The van der Waals surface area contributed by atoms with Crippen molar-refractivity contribution in [2.45, 2.75) is 0 Å². The third-order valence-electron chi connectivity index (χ3n) is 4.25. The van der Waals surface area contributed by atoms with Gasteiger partial charge in [-0.2, -0.15) is 20.3 Å². The minimum absolute atomic E-state index is 0.0766. The first-order valence-electron chi connectivity index (χ1n) is 9.45. The molecule has 0 radical (unpaired) electrons. The Morgan fingerprint density at radius 3 is 2.81 bits per heavy atom. The quantitative estimate of drug-likeness (QED) is 0.181. The molecular formula is C19H22ClN9O2. The molecule has 162 valence electrons. The van der Waals surface area contributed by atoms with Crippen LogP contribution in [-0.2, 0) is 4.74 Å². The van der Waals surface area contributed by atoms with Crippen LogP contribution in [0.2, 0.25) is 5.02 Å². The predicted octanol–water partition coefficient (Wildman–Crippen LogP) is 1.47. The fourth-order valence-corrected chi connectivity index (χ4v) is 2.79. The van der Waals surface area contributed by atoms with Crippen molar-refractivity contribution in [2.75, 3.05) is 49.8 Å². The second-order valence-electron chi connectivity index (χ2n) is 6.40. The number of nitrogens with zero attached hydrogens (tertiary/aromatic N) is 6. The maximum Gasteiger partial charge on any atom is 0.320 e. The summed E-state index contributed by atoms with van der Waals surface area (Å²) in [6, 6.07) is 9.14. The Labute approximate surface area is 184 Å². The van der Waals surface area contributed by atoms with Gasteiger partial charge < -0.3 is 20.1 Å². The molecular weight excluding hydrogens is 422 g/mol. The van der Waals surface area contributed by atoms with Gasteiger partial charge in [-0.15, -0.1) is 0 Å². The van der Waals surface area contributed by atoms with Crippen molar-refractivity contribution in [3.8, 4) is 12.2 Å². The normalized spacial score (nSPS) is 13.6. The van der Waals surface area contributed by atoms with E-state index in [4.69, 9.17) is 37.5 Å². The zero-order valence-electron chi connectivity index (χ0n) is 16.7. The van der Waals surface area contributed by atoms with E-state index < -0.39 is 0 Å². The third-order valence-corrected chi connectivity index (χ3v) is 4.50. The van der Waals surface area contributed by atoms with Gasteiger partial charge in [0.15, 0.2) is 12.0 Å². The van der Waals surface area contributed by atoms with Crippen LogP contribution in [0.25, 0.3) is 0 Å². The van der Waals surface area contributed by atoms with E-state index in [9.17, 15) is 0 Å². The van der Waals surface area contributed by atoms with E-state index in [-0.39, 0.29) is 25.1 Å². The summed E-state index contributed by atoms with van der Waals surface area (Å²) in [6.07, 6.45) is 3.45. The Bertz CT molecular complexity index is 956. The van der Waals surface area contributed by atoms with Gasteiger partial charge in [0.25, 0.3) is 0 Å². The van der Waals surface area contributed by atoms with Gasteiger partial charge >= 0.3 is 6.01 Å². The smallest absolute Gasteiger partial charge is 0.320 e. The lowest BCUT2D eigenvalue weighted by Gasteiger charge is -2.28. The molecule has 1 aromatic carbocycles. The number of benzene rings is 1. The van der Waals surface area contributed by atoms with Crippen LogP contribution in [0.1, 0.15) is 5.56 Å². The lowest BCUT2D eigenvalue weighted by Crippen LogP contribution is -2.37. The topological polar surface area (TPSA) is 149 Å². The van der Waals surface area contributed by atoms with Crippen LogP contribution in [0.15, 0.2) is 35.4 Å². The fraction of sp³-hybridized carbons (Fsp3) is 0.316. The summed E-state index contributed by atoms with van der Waals surface area (Å²) in [6.45, 7) is 2.77. The average Bonchev–Trinajstić information content (AvgIpc) is 2.78. The molecule has 1 saturated heterocycles. The highest BCUT2D eigenvalue weighted by molar-refractivity contribution is 6.30. The number of rotatable bonds is 8. The Kier molecular flexibility index (Phi) is 7.80. The van der Waals surface area contributed by atoms with Crippen molar-refractivity contribution in [3.63, 3.8) is 0 Å². The largest absolute Gasteiger partial charge is 0.461 e. The van der Waals surface area contributed by atoms with Gasteiger partial charge in [0, 0.05) is 24.2 Å². The molecule has 0 unspecified atom stereocenters. The first-order valence-corrected chi connectivity index (χ1v) is 9.83. The first kappa shape index (κ1) is 22.1. The van der Waals surface area contributed by atoms with Crippen LogP contribution in [0.3, 0.4) is 0 Å². The van der Waals surface area contributed by atoms with Crippen molar-refractivity contribution in [3.05, 3.63) is 40.9 Å². The summed E-state index contributed by atoms with van der Waals surface area (Å²) in [5.74, 6) is 0.759. The van der Waals surface area contributed by atoms with Crippen LogP contribution < -0.4 is 20.8 Å². The molecule has 0 bridgehead atoms. The number of guanidine groups is 1. The minimum atomic E-state index is -0.354. The van der Waals surface area contributed by atoms with E-state index in [0.29, 0.717) is 43.0 Å². The van der Waals surface area contributed by atoms with Crippen molar-refractivity contribution < 1.29 is 9.47 Å². The standard InChI is InChI=1S/C19H22ClN9O2/c20-15-3-1-14(2-4-15)12-24-27-16-11-17(28-5-8-30-9-6-28)26-19(25-16)31-10-7-29(13-21)18(22)23/h1-4,11-12H,5-10H2,(H3,22,23)(H,25,26,27). The molecule has 0 amide bonds. The van der Waals surface area contributed by atoms with E-state index in [1.807, 2.05) is 18.3 Å². The Morgan fingerprint density at radius 2 is 2.13 bits per heavy atom. The SMILES string of the molecule is N#CN(CCOc1nc(NN=Cc2ccc(Cl)cc2)cc(N2CCOCC2)n1)C(=N)N. The van der Waals surface area contributed by atoms with E-state index in [2.05, 4.69) is 25.4 Å². The molecule has 1 fully saturated rings. The second-order valence-corrected chi connectivity index (χ2v) is 6.84. The van der Waals surface area contributed by atoms with Gasteiger partial charge in [0.2, 0.25) is 5.96 Å². The van der Waals surface area contributed by atoms with Crippen molar-refractivity contribution >= 4 is 35.4 Å². The maximum absolute atomic E-state index is 8.97. The molecule has 12 heteroatoms. The van der Waals surface area contributed by atoms with E-state index in [1.165, 1.54) is 0 Å². The Balaban J connectivity index is 1.72. The number of aromatic nitrogens is 2. The summed E-state index contributed by atoms with van der Waals surface area (Å²) in [5, 5.41) is 21.2. The number of hydrazone groups is 1. The lowest BCUT2D eigenvalue weighted by atomic mass is 10.2. The van der Waals surface area contributed by atoms with Gasteiger partial charge in [0.05, 0.1) is 26.0 Å². The monoisotopic (exact) mass is 443 g/mol. The average molecular weight is 444 g/mol. The zero-order chi connectivity index (χ0) is 22.1. The highest BCUT2D eigenvalue weighted by atomic mass is 35.5. The number of nitrogens with two attached hydrogens (primary N) is 1.